The zero-order valence-corrected chi connectivity index (χ0v) is 12.8. The number of carboxylic acids is 1. The van der Waals surface area contributed by atoms with Crippen LogP contribution < -0.4 is 0 Å². The Bertz CT molecular complexity index is 327. The number of hydrogen-bond donors (Lipinski definition) is 1. The van der Waals surface area contributed by atoms with Crippen LogP contribution in [-0.4, -0.2) is 74.2 Å². The van der Waals surface area contributed by atoms with Crippen molar-refractivity contribution in [2.24, 2.45) is 0 Å². The van der Waals surface area contributed by atoms with Crippen molar-refractivity contribution in [2.75, 3.05) is 41.3 Å². The molecular weight excluding hydrogens is 260 g/mol. The van der Waals surface area contributed by atoms with E-state index in [-0.39, 0.29) is 6.10 Å². The molecule has 0 bridgehead atoms. The fraction of sp³-hybridized carbons (Fsp3) is 0.714. The number of carboxylic acid groups (broad SMARTS) is 1. The van der Waals surface area contributed by atoms with E-state index in [1.165, 1.54) is 0 Å². The van der Waals surface area contributed by atoms with Gasteiger partial charge in [0.25, 0.3) is 0 Å². The smallest absolute Gasteiger partial charge is 0.331 e. The second-order valence-corrected chi connectivity index (χ2v) is 5.27. The summed E-state index contributed by atoms with van der Waals surface area (Å²) in [6.45, 7) is 1.75. The number of rotatable bonds is 10. The molecule has 0 spiro atoms. The minimum Gasteiger partial charge on any atom is -0.478 e. The van der Waals surface area contributed by atoms with Crippen molar-refractivity contribution in [1.82, 2.24) is 9.80 Å². The van der Waals surface area contributed by atoms with Gasteiger partial charge in [0.05, 0.1) is 0 Å². The Kier molecular flexibility index (Phi) is 9.67. The normalized spacial score (nSPS) is 13.1. The van der Waals surface area contributed by atoms with Gasteiger partial charge in [-0.15, -0.1) is 0 Å². The van der Waals surface area contributed by atoms with Crippen LogP contribution in [0.5, 0.6) is 0 Å². The van der Waals surface area contributed by atoms with Crippen LogP contribution in [-0.2, 0) is 14.3 Å². The predicted molar refractivity (Wildman–Crippen MR) is 77.6 cm³/mol. The summed E-state index contributed by atoms with van der Waals surface area (Å²) in [7, 11) is 7.92. The van der Waals surface area contributed by atoms with Gasteiger partial charge >= 0.3 is 11.9 Å². The first-order valence-corrected chi connectivity index (χ1v) is 6.72. The molecule has 116 valence electrons. The van der Waals surface area contributed by atoms with Gasteiger partial charge in [-0.25, -0.2) is 9.59 Å². The number of ether oxygens (including phenoxy) is 1. The van der Waals surface area contributed by atoms with Crippen LogP contribution >= 0.6 is 0 Å². The minimum atomic E-state index is -1.15. The van der Waals surface area contributed by atoms with Gasteiger partial charge in [0.1, 0.15) is 6.10 Å². The van der Waals surface area contributed by atoms with Gasteiger partial charge in [0, 0.05) is 18.7 Å². The molecular formula is C14H26N2O4. The fourth-order valence-electron chi connectivity index (χ4n) is 1.64. The lowest BCUT2D eigenvalue weighted by molar-refractivity contribution is -0.144. The fourth-order valence-corrected chi connectivity index (χ4v) is 1.64. The summed E-state index contributed by atoms with van der Waals surface area (Å²) >= 11 is 0. The summed E-state index contributed by atoms with van der Waals surface area (Å²) in [6.07, 6.45) is 4.03. The van der Waals surface area contributed by atoms with Crippen molar-refractivity contribution in [3.8, 4) is 0 Å². The number of aliphatic carboxylic acids is 1. The molecule has 6 heteroatoms. The number of hydrogen-bond acceptors (Lipinski definition) is 5. The summed E-state index contributed by atoms with van der Waals surface area (Å²) in [4.78, 5) is 26.0. The molecule has 0 fully saturated rings. The Balaban J connectivity index is 4.28. The minimum absolute atomic E-state index is 0.178. The maximum absolute atomic E-state index is 11.5. The van der Waals surface area contributed by atoms with Gasteiger partial charge in [-0.05, 0) is 54.0 Å². The van der Waals surface area contributed by atoms with Gasteiger partial charge in [0.15, 0.2) is 0 Å². The average Bonchev–Trinajstić information content (AvgIpc) is 2.32. The first kappa shape index (κ1) is 18.6. The standard InChI is InChI=1S/C14H26N2O4/c1-15(2)10-5-6-12(9-11-16(3)4)20-14(19)8-7-13(17)18/h7-8,12H,5-6,9-11H2,1-4H3,(H,17,18). The highest BCUT2D eigenvalue weighted by molar-refractivity contribution is 5.90. The molecule has 0 aromatic carbocycles. The molecule has 0 heterocycles. The molecule has 0 radical (unpaired) electrons. The van der Waals surface area contributed by atoms with Gasteiger partial charge in [-0.2, -0.15) is 0 Å². The number of nitrogens with zero attached hydrogens (tertiary/aromatic N) is 2. The zero-order valence-electron chi connectivity index (χ0n) is 12.8. The first-order chi connectivity index (χ1) is 9.31. The van der Waals surface area contributed by atoms with Crippen molar-refractivity contribution in [1.29, 1.82) is 0 Å². The SMILES string of the molecule is CN(C)CCCC(CCN(C)C)OC(=O)C=CC(=O)O. The molecule has 0 saturated heterocycles. The molecule has 6 nitrogen and oxygen atoms in total. The van der Waals surface area contributed by atoms with Crippen molar-refractivity contribution < 1.29 is 19.4 Å². The van der Waals surface area contributed by atoms with Crippen LogP contribution in [0.4, 0.5) is 0 Å². The third-order valence-corrected chi connectivity index (χ3v) is 2.67. The van der Waals surface area contributed by atoms with E-state index in [2.05, 4.69) is 4.90 Å². The molecule has 20 heavy (non-hydrogen) atoms. The lowest BCUT2D eigenvalue weighted by Gasteiger charge is -2.20. The first-order valence-electron chi connectivity index (χ1n) is 6.72. The molecule has 0 aromatic rings. The van der Waals surface area contributed by atoms with E-state index in [1.807, 2.05) is 33.1 Å². The van der Waals surface area contributed by atoms with E-state index in [4.69, 9.17) is 9.84 Å². The molecule has 0 saturated carbocycles. The average molecular weight is 286 g/mol. The summed E-state index contributed by atoms with van der Waals surface area (Å²) in [5.74, 6) is -1.75. The zero-order chi connectivity index (χ0) is 15.5. The third kappa shape index (κ3) is 11.7. The molecule has 0 rings (SSSR count). The molecule has 0 amide bonds. The van der Waals surface area contributed by atoms with Gasteiger partial charge in [-0.1, -0.05) is 0 Å². The summed E-state index contributed by atoms with van der Waals surface area (Å²) in [5.41, 5.74) is 0. The van der Waals surface area contributed by atoms with Gasteiger partial charge in [-0.3, -0.25) is 0 Å². The number of carbonyl (C=O) groups excluding carboxylic acids is 1. The Morgan fingerprint density at radius 3 is 2.15 bits per heavy atom. The topological polar surface area (TPSA) is 70.1 Å². The number of esters is 1. The van der Waals surface area contributed by atoms with Crippen LogP contribution in [0.3, 0.4) is 0 Å². The van der Waals surface area contributed by atoms with Crippen LogP contribution in [0.15, 0.2) is 12.2 Å². The maximum atomic E-state index is 11.5. The maximum Gasteiger partial charge on any atom is 0.331 e. The quantitative estimate of drug-likeness (QED) is 0.474. The van der Waals surface area contributed by atoms with Crippen LogP contribution in [0.25, 0.3) is 0 Å². The predicted octanol–water partition coefficient (Wildman–Crippen LogP) is 0.833. The second-order valence-electron chi connectivity index (χ2n) is 5.27. The van der Waals surface area contributed by atoms with E-state index < -0.39 is 11.9 Å². The summed E-state index contributed by atoms with van der Waals surface area (Å²) < 4.78 is 5.30. The van der Waals surface area contributed by atoms with Crippen LogP contribution in [0.1, 0.15) is 19.3 Å². The molecule has 1 N–H and O–H groups in total. The van der Waals surface area contributed by atoms with Gasteiger partial charge in [0.2, 0.25) is 0 Å². The molecule has 0 aliphatic rings. The highest BCUT2D eigenvalue weighted by atomic mass is 16.5. The molecule has 0 aromatic heterocycles. The highest BCUT2D eigenvalue weighted by Crippen LogP contribution is 2.09. The van der Waals surface area contributed by atoms with Crippen molar-refractivity contribution in [3.63, 3.8) is 0 Å². The molecule has 1 atom stereocenters. The van der Waals surface area contributed by atoms with Crippen molar-refractivity contribution >= 4 is 11.9 Å². The van der Waals surface area contributed by atoms with E-state index in [0.717, 1.165) is 44.5 Å². The Morgan fingerprint density at radius 2 is 1.65 bits per heavy atom. The second kappa shape index (κ2) is 10.4. The van der Waals surface area contributed by atoms with Crippen molar-refractivity contribution in [3.05, 3.63) is 12.2 Å². The summed E-state index contributed by atoms with van der Waals surface area (Å²) in [6, 6.07) is 0. The Hall–Kier alpha value is -1.40. The van der Waals surface area contributed by atoms with E-state index >= 15 is 0 Å². The lowest BCUT2D eigenvalue weighted by Crippen LogP contribution is -2.25. The third-order valence-electron chi connectivity index (χ3n) is 2.67. The monoisotopic (exact) mass is 286 g/mol. The van der Waals surface area contributed by atoms with E-state index in [9.17, 15) is 9.59 Å². The Labute approximate surface area is 121 Å². The number of carbonyl (C=O) groups is 2. The molecule has 1 unspecified atom stereocenters. The van der Waals surface area contributed by atoms with Crippen LogP contribution in [0.2, 0.25) is 0 Å². The molecule has 0 aliphatic heterocycles. The van der Waals surface area contributed by atoms with Crippen LogP contribution in [0, 0.1) is 0 Å². The highest BCUT2D eigenvalue weighted by Gasteiger charge is 2.13. The molecule has 0 aliphatic carbocycles. The van der Waals surface area contributed by atoms with Gasteiger partial charge < -0.3 is 19.6 Å². The Morgan fingerprint density at radius 1 is 1.05 bits per heavy atom. The van der Waals surface area contributed by atoms with Crippen molar-refractivity contribution in [2.45, 2.75) is 25.4 Å². The summed E-state index contributed by atoms with van der Waals surface area (Å²) in [5, 5.41) is 8.47. The lowest BCUT2D eigenvalue weighted by atomic mass is 10.1. The largest absolute Gasteiger partial charge is 0.478 e. The van der Waals surface area contributed by atoms with E-state index in [0.29, 0.717) is 0 Å². The van der Waals surface area contributed by atoms with E-state index in [1.54, 1.807) is 0 Å².